The van der Waals surface area contributed by atoms with E-state index < -0.39 is 10.2 Å². The quantitative estimate of drug-likeness (QED) is 0.895. The molecule has 2 atom stereocenters. The van der Waals surface area contributed by atoms with E-state index in [9.17, 15) is 8.42 Å². The molecule has 6 heteroatoms. The molecule has 0 bridgehead atoms. The summed E-state index contributed by atoms with van der Waals surface area (Å²) in [4.78, 5) is 3.31. The van der Waals surface area contributed by atoms with E-state index in [-0.39, 0.29) is 0 Å². The second-order valence-electron chi connectivity index (χ2n) is 7.86. The Labute approximate surface area is 155 Å². The summed E-state index contributed by atoms with van der Waals surface area (Å²) >= 11 is 0. The third-order valence-corrected chi connectivity index (χ3v) is 7.53. The lowest BCUT2D eigenvalue weighted by molar-refractivity contribution is 0.210. The van der Waals surface area contributed by atoms with Gasteiger partial charge in [-0.25, -0.2) is 0 Å². The van der Waals surface area contributed by atoms with Gasteiger partial charge < -0.3 is 4.98 Å². The summed E-state index contributed by atoms with van der Waals surface area (Å²) in [6.45, 7) is 6.57. The molecule has 1 aromatic carbocycles. The van der Waals surface area contributed by atoms with Crippen LogP contribution in [0.4, 0.5) is 0 Å². The largest absolute Gasteiger partial charge is 0.361 e. The highest BCUT2D eigenvalue weighted by Gasteiger charge is 2.35. The highest BCUT2D eigenvalue weighted by atomic mass is 32.2. The number of aromatic amines is 1. The fourth-order valence-electron chi connectivity index (χ4n) is 4.40. The smallest absolute Gasteiger partial charge is 0.282 e. The Kier molecular flexibility index (Phi) is 4.67. The van der Waals surface area contributed by atoms with Crippen LogP contribution in [0.1, 0.15) is 32.3 Å². The van der Waals surface area contributed by atoms with Crippen molar-refractivity contribution in [3.8, 4) is 0 Å². The maximum Gasteiger partial charge on any atom is 0.282 e. The van der Waals surface area contributed by atoms with Crippen LogP contribution in [0.15, 0.2) is 36.5 Å². The van der Waals surface area contributed by atoms with Gasteiger partial charge in [-0.2, -0.15) is 17.0 Å². The molecule has 4 rings (SSSR count). The normalized spacial score (nSPS) is 26.2. The first-order valence-corrected chi connectivity index (χ1v) is 10.9. The minimum atomic E-state index is -3.37. The van der Waals surface area contributed by atoms with Gasteiger partial charge in [0.05, 0.1) is 0 Å². The number of piperidine rings is 1. The fraction of sp³-hybridized carbons (Fsp3) is 0.500. The van der Waals surface area contributed by atoms with E-state index in [0.717, 1.165) is 18.4 Å². The highest BCUT2D eigenvalue weighted by Crippen LogP contribution is 2.31. The number of hydrogen-bond acceptors (Lipinski definition) is 2. The van der Waals surface area contributed by atoms with Gasteiger partial charge in [0.1, 0.15) is 0 Å². The Hall–Kier alpha value is -1.63. The van der Waals surface area contributed by atoms with Crippen molar-refractivity contribution >= 4 is 26.7 Å². The standard InChI is InChI=1S/C20H27N3O2S/c1-15-11-16(2)14-23(13-15)26(24,25)22-9-7-17(8-10-22)19-12-21-20-6-4-3-5-18(19)20/h3-7,12,15-16,21H,8-11,13-14H2,1-2H3/t15-,16-/m1/s1. The minimum Gasteiger partial charge on any atom is -0.361 e. The molecular formula is C20H27N3O2S. The van der Waals surface area contributed by atoms with Crippen LogP contribution in [0.2, 0.25) is 0 Å². The molecule has 2 aliphatic heterocycles. The van der Waals surface area contributed by atoms with Gasteiger partial charge in [0.2, 0.25) is 0 Å². The Morgan fingerprint density at radius 3 is 2.50 bits per heavy atom. The Morgan fingerprint density at radius 1 is 1.08 bits per heavy atom. The van der Waals surface area contributed by atoms with Gasteiger partial charge in [0.15, 0.2) is 0 Å². The van der Waals surface area contributed by atoms with Crippen LogP contribution in [0, 0.1) is 11.8 Å². The summed E-state index contributed by atoms with van der Waals surface area (Å²) in [5.74, 6) is 0.853. The Bertz CT molecular complexity index is 921. The summed E-state index contributed by atoms with van der Waals surface area (Å²) in [6, 6.07) is 8.24. The molecule has 0 amide bonds. The number of fused-ring (bicyclic) bond motifs is 1. The molecule has 2 aromatic rings. The van der Waals surface area contributed by atoms with Crippen molar-refractivity contribution in [2.24, 2.45) is 11.8 Å². The zero-order chi connectivity index (χ0) is 18.3. The van der Waals surface area contributed by atoms with Crippen LogP contribution in [-0.2, 0) is 10.2 Å². The van der Waals surface area contributed by atoms with Crippen molar-refractivity contribution in [3.63, 3.8) is 0 Å². The molecule has 1 N–H and O–H groups in total. The van der Waals surface area contributed by atoms with E-state index >= 15 is 0 Å². The SMILES string of the molecule is C[C@@H]1C[C@@H](C)CN(S(=O)(=O)N2CC=C(c3c[nH]c4ccccc34)CC2)C1. The van der Waals surface area contributed by atoms with Crippen molar-refractivity contribution in [2.75, 3.05) is 26.2 Å². The van der Waals surface area contributed by atoms with Crippen molar-refractivity contribution < 1.29 is 8.42 Å². The van der Waals surface area contributed by atoms with Gasteiger partial charge in [0, 0.05) is 48.8 Å². The number of para-hydroxylation sites is 1. The summed E-state index contributed by atoms with van der Waals surface area (Å²) in [5, 5.41) is 1.20. The molecular weight excluding hydrogens is 346 g/mol. The first-order chi connectivity index (χ1) is 12.4. The van der Waals surface area contributed by atoms with Gasteiger partial charge in [-0.05, 0) is 36.3 Å². The van der Waals surface area contributed by atoms with Crippen molar-refractivity contribution in [3.05, 3.63) is 42.1 Å². The lowest BCUT2D eigenvalue weighted by atomic mass is 9.94. The van der Waals surface area contributed by atoms with Crippen LogP contribution >= 0.6 is 0 Å². The number of benzene rings is 1. The van der Waals surface area contributed by atoms with E-state index in [4.69, 9.17) is 0 Å². The van der Waals surface area contributed by atoms with Gasteiger partial charge in [0.25, 0.3) is 10.2 Å². The van der Waals surface area contributed by atoms with Gasteiger partial charge in [-0.15, -0.1) is 0 Å². The molecule has 2 aliphatic rings. The first kappa shape index (κ1) is 17.8. The molecule has 26 heavy (non-hydrogen) atoms. The molecule has 0 aliphatic carbocycles. The third-order valence-electron chi connectivity index (χ3n) is 5.59. The molecule has 140 valence electrons. The fourth-order valence-corrected chi connectivity index (χ4v) is 6.20. The van der Waals surface area contributed by atoms with E-state index in [0.29, 0.717) is 38.0 Å². The highest BCUT2D eigenvalue weighted by molar-refractivity contribution is 7.86. The number of aromatic nitrogens is 1. The molecule has 1 saturated heterocycles. The average Bonchev–Trinajstić information content (AvgIpc) is 3.05. The maximum absolute atomic E-state index is 13.1. The number of hydrogen-bond donors (Lipinski definition) is 1. The zero-order valence-electron chi connectivity index (χ0n) is 15.5. The van der Waals surface area contributed by atoms with E-state index in [2.05, 4.69) is 37.0 Å². The van der Waals surface area contributed by atoms with Gasteiger partial charge >= 0.3 is 0 Å². The van der Waals surface area contributed by atoms with Crippen LogP contribution in [-0.4, -0.2) is 48.2 Å². The Balaban J connectivity index is 1.53. The van der Waals surface area contributed by atoms with Crippen LogP contribution in [0.25, 0.3) is 16.5 Å². The zero-order valence-corrected chi connectivity index (χ0v) is 16.3. The minimum absolute atomic E-state index is 0.427. The third kappa shape index (κ3) is 3.21. The van der Waals surface area contributed by atoms with E-state index in [1.807, 2.05) is 18.3 Å². The lowest BCUT2D eigenvalue weighted by Gasteiger charge is -2.38. The number of nitrogens with zero attached hydrogens (tertiary/aromatic N) is 2. The molecule has 3 heterocycles. The molecule has 0 spiro atoms. The van der Waals surface area contributed by atoms with Crippen molar-refractivity contribution in [1.82, 2.24) is 13.6 Å². The molecule has 1 fully saturated rings. The van der Waals surface area contributed by atoms with Crippen LogP contribution in [0.5, 0.6) is 0 Å². The molecule has 5 nitrogen and oxygen atoms in total. The first-order valence-electron chi connectivity index (χ1n) is 9.46. The van der Waals surface area contributed by atoms with Crippen LogP contribution in [0.3, 0.4) is 0 Å². The lowest BCUT2D eigenvalue weighted by Crippen LogP contribution is -2.50. The number of rotatable bonds is 3. The Morgan fingerprint density at radius 2 is 1.81 bits per heavy atom. The van der Waals surface area contributed by atoms with Gasteiger partial charge in [-0.3, -0.25) is 0 Å². The van der Waals surface area contributed by atoms with E-state index in [1.54, 1.807) is 8.61 Å². The number of nitrogens with one attached hydrogen (secondary N) is 1. The van der Waals surface area contributed by atoms with E-state index in [1.165, 1.54) is 16.5 Å². The van der Waals surface area contributed by atoms with Crippen molar-refractivity contribution in [1.29, 1.82) is 0 Å². The van der Waals surface area contributed by atoms with Gasteiger partial charge in [-0.1, -0.05) is 38.1 Å². The summed E-state index contributed by atoms with van der Waals surface area (Å²) < 4.78 is 29.4. The molecule has 0 unspecified atom stereocenters. The predicted molar refractivity (Wildman–Crippen MR) is 106 cm³/mol. The topological polar surface area (TPSA) is 56.4 Å². The van der Waals surface area contributed by atoms with Crippen LogP contribution < -0.4 is 0 Å². The summed E-state index contributed by atoms with van der Waals surface area (Å²) in [6.07, 6.45) is 5.97. The summed E-state index contributed by atoms with van der Waals surface area (Å²) in [5.41, 5.74) is 3.54. The number of H-pyrrole nitrogens is 1. The molecule has 0 saturated carbocycles. The molecule has 0 radical (unpaired) electrons. The second kappa shape index (κ2) is 6.83. The van der Waals surface area contributed by atoms with Crippen molar-refractivity contribution in [2.45, 2.75) is 26.7 Å². The summed E-state index contributed by atoms with van der Waals surface area (Å²) in [7, 11) is -3.37. The molecule has 1 aromatic heterocycles. The predicted octanol–water partition coefficient (Wildman–Crippen LogP) is 3.48. The maximum atomic E-state index is 13.1. The second-order valence-corrected chi connectivity index (χ2v) is 9.78. The average molecular weight is 374 g/mol. The monoisotopic (exact) mass is 373 g/mol.